The van der Waals surface area contributed by atoms with Crippen molar-refractivity contribution < 1.29 is 9.69 Å². The van der Waals surface area contributed by atoms with Crippen LogP contribution in [-0.4, -0.2) is 54.6 Å². The lowest BCUT2D eigenvalue weighted by Crippen LogP contribution is -3.19. The van der Waals surface area contributed by atoms with Crippen LogP contribution in [0.5, 0.6) is 0 Å². The van der Waals surface area contributed by atoms with Crippen molar-refractivity contribution >= 4 is 22.5 Å². The Morgan fingerprint density at radius 2 is 1.81 bits per heavy atom. The number of quaternary nitrogens is 1. The molecule has 0 spiro atoms. The largest absolute Gasteiger partial charge is 0.360 e. The van der Waals surface area contributed by atoms with Crippen LogP contribution in [0, 0.1) is 13.8 Å². The molecule has 0 saturated carbocycles. The van der Waals surface area contributed by atoms with Crippen LogP contribution in [0.1, 0.15) is 29.3 Å². The van der Waals surface area contributed by atoms with Crippen LogP contribution in [0.15, 0.2) is 42.5 Å². The number of hydrogen-bond donors (Lipinski definition) is 2. The Balaban J connectivity index is 1.24. The zero-order valence-corrected chi connectivity index (χ0v) is 18.9. The highest BCUT2D eigenvalue weighted by atomic mass is 16.2. The maximum absolute atomic E-state index is 13.4. The molecule has 1 fully saturated rings. The molecule has 0 radical (unpaired) electrons. The number of carbonyl (C=O) groups excluding carboxylic acids is 1. The summed E-state index contributed by atoms with van der Waals surface area (Å²) < 4.78 is 0. The second kappa shape index (κ2) is 8.04. The lowest BCUT2D eigenvalue weighted by atomic mass is 10.0. The third-order valence-electron chi connectivity index (χ3n) is 7.50. The molecule has 3 heterocycles. The Morgan fingerprint density at radius 3 is 2.61 bits per heavy atom. The first kappa shape index (κ1) is 20.1. The van der Waals surface area contributed by atoms with Crippen molar-refractivity contribution in [2.45, 2.75) is 39.8 Å². The first-order valence-electron chi connectivity index (χ1n) is 11.6. The number of nitrogens with one attached hydrogen (secondary N) is 2. The van der Waals surface area contributed by atoms with Crippen molar-refractivity contribution in [2.24, 2.45) is 0 Å². The first-order valence-corrected chi connectivity index (χ1v) is 11.6. The molecule has 5 heteroatoms. The molecule has 5 rings (SSSR count). The van der Waals surface area contributed by atoms with Gasteiger partial charge in [0.15, 0.2) is 6.04 Å². The number of aromatic nitrogens is 1. The van der Waals surface area contributed by atoms with Crippen LogP contribution in [0.3, 0.4) is 0 Å². The topological polar surface area (TPSA) is 43.8 Å². The van der Waals surface area contributed by atoms with Crippen LogP contribution >= 0.6 is 0 Å². The molecule has 1 amide bonds. The third kappa shape index (κ3) is 3.61. The maximum Gasteiger partial charge on any atom is 0.280 e. The number of nitrogens with zero attached hydrogens (tertiary/aromatic N) is 2. The van der Waals surface area contributed by atoms with E-state index in [1.54, 1.807) is 0 Å². The molecule has 0 bridgehead atoms. The number of rotatable bonds is 3. The number of piperazine rings is 1. The van der Waals surface area contributed by atoms with E-state index < -0.39 is 0 Å². The normalized spacial score (nSPS) is 18.3. The predicted octanol–water partition coefficient (Wildman–Crippen LogP) is 2.46. The van der Waals surface area contributed by atoms with Gasteiger partial charge in [0.25, 0.3) is 5.91 Å². The molecule has 1 atom stereocenters. The number of aryl methyl sites for hydroxylation is 1. The summed E-state index contributed by atoms with van der Waals surface area (Å²) in [5, 5.41) is 1.26. The number of anilines is 1. The lowest BCUT2D eigenvalue weighted by Gasteiger charge is -2.38. The summed E-state index contributed by atoms with van der Waals surface area (Å²) in [7, 11) is 0. The summed E-state index contributed by atoms with van der Waals surface area (Å²) in [6, 6.07) is 15.0. The number of carbonyl (C=O) groups is 1. The van der Waals surface area contributed by atoms with Gasteiger partial charge in [0.1, 0.15) is 0 Å². The fourth-order valence-electron chi connectivity index (χ4n) is 5.35. The Kier molecular flexibility index (Phi) is 5.22. The molecule has 1 saturated heterocycles. The van der Waals surface area contributed by atoms with Crippen LogP contribution in [0.2, 0.25) is 0 Å². The SMILES string of the molecule is Cc1cccc(N2CC[NH+]([C@H](C)C(=O)N3CCc4[nH]c5ccccc5c4C3)CC2)c1C. The summed E-state index contributed by atoms with van der Waals surface area (Å²) in [5.74, 6) is 0.297. The van der Waals surface area contributed by atoms with Gasteiger partial charge in [0.05, 0.1) is 26.2 Å². The second-order valence-corrected chi connectivity index (χ2v) is 9.22. The molecule has 31 heavy (non-hydrogen) atoms. The van der Waals surface area contributed by atoms with Crippen molar-refractivity contribution in [3.8, 4) is 0 Å². The summed E-state index contributed by atoms with van der Waals surface area (Å²) in [6.07, 6.45) is 0.915. The van der Waals surface area contributed by atoms with Crippen LogP contribution in [0.25, 0.3) is 10.9 Å². The van der Waals surface area contributed by atoms with Crippen LogP contribution < -0.4 is 9.80 Å². The lowest BCUT2D eigenvalue weighted by molar-refractivity contribution is -0.915. The molecule has 0 aliphatic carbocycles. The van der Waals surface area contributed by atoms with Crippen molar-refractivity contribution in [3.05, 3.63) is 64.8 Å². The van der Waals surface area contributed by atoms with Gasteiger partial charge in [-0.2, -0.15) is 0 Å². The van der Waals surface area contributed by atoms with E-state index in [2.05, 4.69) is 78.0 Å². The molecular formula is C26H33N4O+. The van der Waals surface area contributed by atoms with E-state index in [0.29, 0.717) is 5.91 Å². The minimum absolute atomic E-state index is 0.00696. The number of benzene rings is 2. The van der Waals surface area contributed by atoms with Gasteiger partial charge in [-0.3, -0.25) is 4.79 Å². The van der Waals surface area contributed by atoms with Gasteiger partial charge in [-0.1, -0.05) is 30.3 Å². The summed E-state index contributed by atoms with van der Waals surface area (Å²) in [4.78, 5) is 22.9. The average molecular weight is 418 g/mol. The van der Waals surface area contributed by atoms with Gasteiger partial charge in [-0.05, 0) is 44.0 Å². The number of H-pyrrole nitrogens is 1. The van der Waals surface area contributed by atoms with E-state index in [1.165, 1.54) is 43.9 Å². The van der Waals surface area contributed by atoms with E-state index in [9.17, 15) is 4.79 Å². The molecule has 2 aliphatic heterocycles. The summed E-state index contributed by atoms with van der Waals surface area (Å²) >= 11 is 0. The van der Waals surface area contributed by atoms with E-state index >= 15 is 0 Å². The van der Waals surface area contributed by atoms with Crippen molar-refractivity contribution in [1.82, 2.24) is 9.88 Å². The minimum atomic E-state index is 0.00696. The zero-order chi connectivity index (χ0) is 21.5. The maximum atomic E-state index is 13.4. The second-order valence-electron chi connectivity index (χ2n) is 9.22. The predicted molar refractivity (Wildman–Crippen MR) is 126 cm³/mol. The fraction of sp³-hybridized carbons (Fsp3) is 0.423. The number of fused-ring (bicyclic) bond motifs is 3. The van der Waals surface area contributed by atoms with Crippen LogP contribution in [0.4, 0.5) is 5.69 Å². The Morgan fingerprint density at radius 1 is 1.03 bits per heavy atom. The third-order valence-corrected chi connectivity index (χ3v) is 7.50. The first-order chi connectivity index (χ1) is 15.0. The zero-order valence-electron chi connectivity index (χ0n) is 18.9. The van der Waals surface area contributed by atoms with Gasteiger partial charge < -0.3 is 19.7 Å². The molecule has 2 aromatic carbocycles. The Bertz CT molecular complexity index is 1110. The highest BCUT2D eigenvalue weighted by Gasteiger charge is 2.34. The standard InChI is InChI=1S/C26H32N4O/c1-18-7-6-10-25(19(18)2)29-15-13-28(14-16-29)20(3)26(31)30-12-11-24-22(17-30)21-8-4-5-9-23(21)27-24/h4-10,20,27H,11-17H2,1-3H3/p+1/t20-/m1/s1. The molecule has 2 N–H and O–H groups in total. The molecule has 0 unspecified atom stereocenters. The molecule has 5 nitrogen and oxygen atoms in total. The van der Waals surface area contributed by atoms with Crippen molar-refractivity contribution in [3.63, 3.8) is 0 Å². The number of hydrogen-bond acceptors (Lipinski definition) is 2. The molecule has 2 aliphatic rings. The van der Waals surface area contributed by atoms with Gasteiger partial charge in [0.2, 0.25) is 0 Å². The molecule has 3 aromatic rings. The average Bonchev–Trinajstić information content (AvgIpc) is 3.18. The Labute approximate surface area is 184 Å². The molecule has 1 aromatic heterocycles. The van der Waals surface area contributed by atoms with E-state index in [-0.39, 0.29) is 6.04 Å². The van der Waals surface area contributed by atoms with Gasteiger partial charge in [-0.15, -0.1) is 0 Å². The quantitative estimate of drug-likeness (QED) is 0.688. The molecular weight excluding hydrogens is 384 g/mol. The highest BCUT2D eigenvalue weighted by Crippen LogP contribution is 2.28. The van der Waals surface area contributed by atoms with Crippen molar-refractivity contribution in [1.29, 1.82) is 0 Å². The van der Waals surface area contributed by atoms with Gasteiger partial charge in [0, 0.05) is 47.4 Å². The minimum Gasteiger partial charge on any atom is -0.360 e. The van der Waals surface area contributed by atoms with Gasteiger partial charge >= 0.3 is 0 Å². The van der Waals surface area contributed by atoms with E-state index in [1.807, 2.05) is 0 Å². The monoisotopic (exact) mass is 417 g/mol. The molecule has 162 valence electrons. The summed E-state index contributed by atoms with van der Waals surface area (Å²) in [5.41, 5.74) is 7.85. The fourth-order valence-corrected chi connectivity index (χ4v) is 5.35. The smallest absolute Gasteiger partial charge is 0.280 e. The van der Waals surface area contributed by atoms with E-state index in [0.717, 1.165) is 45.7 Å². The number of amides is 1. The van der Waals surface area contributed by atoms with Crippen LogP contribution in [-0.2, 0) is 17.8 Å². The van der Waals surface area contributed by atoms with E-state index in [4.69, 9.17) is 0 Å². The van der Waals surface area contributed by atoms with Crippen molar-refractivity contribution in [2.75, 3.05) is 37.6 Å². The number of para-hydroxylation sites is 1. The van der Waals surface area contributed by atoms with Gasteiger partial charge in [-0.25, -0.2) is 0 Å². The Hall–Kier alpha value is -2.79. The highest BCUT2D eigenvalue weighted by molar-refractivity contribution is 5.86. The number of aromatic amines is 1. The summed E-state index contributed by atoms with van der Waals surface area (Å²) in [6.45, 7) is 12.1.